The number of ether oxygens (including phenoxy) is 1. The predicted octanol–water partition coefficient (Wildman–Crippen LogP) is -0.901. The zero-order chi connectivity index (χ0) is 20.9. The van der Waals surface area contributed by atoms with E-state index in [-0.39, 0.29) is 30.7 Å². The Morgan fingerprint density at radius 1 is 0.967 bits per heavy atom. The summed E-state index contributed by atoms with van der Waals surface area (Å²) in [7, 11) is 0. The molecule has 4 bridgehead atoms. The lowest BCUT2D eigenvalue weighted by Gasteiger charge is -2.34. The topological polar surface area (TPSA) is 123 Å². The fraction of sp³-hybridized carbons (Fsp3) is 0.474. The molecule has 2 aromatic heterocycles. The van der Waals surface area contributed by atoms with Crippen molar-refractivity contribution in [2.24, 2.45) is 0 Å². The van der Waals surface area contributed by atoms with Crippen LogP contribution in [0.5, 0.6) is 5.75 Å². The molecule has 1 fully saturated rings. The number of piperazine rings is 1. The van der Waals surface area contributed by atoms with Gasteiger partial charge >= 0.3 is 0 Å². The zero-order valence-electron chi connectivity index (χ0n) is 16.5. The summed E-state index contributed by atoms with van der Waals surface area (Å²) in [4.78, 5) is 45.0. The lowest BCUT2D eigenvalue weighted by Crippen LogP contribution is -2.52. The maximum Gasteiger partial charge on any atom is 0.274 e. The van der Waals surface area contributed by atoms with Gasteiger partial charge in [0.05, 0.1) is 18.8 Å². The molecule has 3 aliphatic heterocycles. The molecule has 0 saturated carbocycles. The molecular formula is C19H23N7O4. The van der Waals surface area contributed by atoms with Crippen LogP contribution in [0.1, 0.15) is 22.6 Å². The van der Waals surface area contributed by atoms with Crippen molar-refractivity contribution in [1.29, 1.82) is 0 Å². The number of amides is 3. The van der Waals surface area contributed by atoms with E-state index in [9.17, 15) is 14.4 Å². The molecule has 158 valence electrons. The third-order valence-electron chi connectivity index (χ3n) is 5.13. The number of nitrogens with one attached hydrogen (secondary N) is 1. The standard InChI is InChI=1S/C19H23N7O4/c27-16-4-3-14-13-26(23-22-14)10-11-30-15-2-1-5-20-18(15)19(29)21-12-17(28)25-8-6-24(16)7-9-25/h1-2,5,13H,3-4,6-12H2,(H,21,29). The number of rotatable bonds is 0. The summed E-state index contributed by atoms with van der Waals surface area (Å²) in [6.45, 7) is 2.38. The van der Waals surface area contributed by atoms with Crippen molar-refractivity contribution in [2.45, 2.75) is 19.4 Å². The first kappa shape index (κ1) is 19.8. The van der Waals surface area contributed by atoms with Crippen molar-refractivity contribution in [3.8, 4) is 5.75 Å². The molecular weight excluding hydrogens is 390 g/mol. The molecule has 3 aliphatic rings. The van der Waals surface area contributed by atoms with Crippen LogP contribution in [-0.2, 0) is 22.6 Å². The number of pyridine rings is 1. The SMILES string of the molecule is O=C1NCC(=O)N2CCN(CC2)C(=O)CCc2cn(nn2)CCOc2cccnc21. The van der Waals surface area contributed by atoms with Gasteiger partial charge in [-0.1, -0.05) is 5.21 Å². The van der Waals surface area contributed by atoms with Crippen molar-refractivity contribution in [3.63, 3.8) is 0 Å². The summed E-state index contributed by atoms with van der Waals surface area (Å²) in [5.41, 5.74) is 0.856. The van der Waals surface area contributed by atoms with Gasteiger partial charge in [0.1, 0.15) is 6.61 Å². The Hall–Kier alpha value is -3.50. The predicted molar refractivity (Wildman–Crippen MR) is 104 cm³/mol. The summed E-state index contributed by atoms with van der Waals surface area (Å²) < 4.78 is 7.36. The molecule has 3 amide bonds. The molecule has 5 heterocycles. The Morgan fingerprint density at radius 3 is 2.53 bits per heavy atom. The minimum absolute atomic E-state index is 0.0349. The van der Waals surface area contributed by atoms with Gasteiger partial charge in [-0.2, -0.15) is 0 Å². The van der Waals surface area contributed by atoms with Crippen LogP contribution in [-0.4, -0.2) is 86.8 Å². The molecule has 2 aromatic rings. The number of carbonyl (C=O) groups excluding carboxylic acids is 3. The van der Waals surface area contributed by atoms with Gasteiger partial charge < -0.3 is 19.9 Å². The van der Waals surface area contributed by atoms with E-state index in [1.165, 1.54) is 6.20 Å². The number of carbonyl (C=O) groups is 3. The summed E-state index contributed by atoms with van der Waals surface area (Å²) >= 11 is 0. The second kappa shape index (κ2) is 8.89. The largest absolute Gasteiger partial charge is 0.489 e. The normalized spacial score (nSPS) is 18.7. The van der Waals surface area contributed by atoms with E-state index in [1.54, 1.807) is 32.8 Å². The maximum absolute atomic E-state index is 12.5. The van der Waals surface area contributed by atoms with Crippen molar-refractivity contribution in [1.82, 2.24) is 35.1 Å². The highest BCUT2D eigenvalue weighted by atomic mass is 16.5. The zero-order valence-corrected chi connectivity index (χ0v) is 16.5. The van der Waals surface area contributed by atoms with Crippen LogP contribution >= 0.6 is 0 Å². The molecule has 11 heteroatoms. The van der Waals surface area contributed by atoms with Crippen LogP contribution in [0.4, 0.5) is 0 Å². The molecule has 30 heavy (non-hydrogen) atoms. The highest BCUT2D eigenvalue weighted by molar-refractivity contribution is 5.97. The van der Waals surface area contributed by atoms with Crippen LogP contribution < -0.4 is 10.1 Å². The number of hydrogen-bond donors (Lipinski definition) is 1. The lowest BCUT2D eigenvalue weighted by molar-refractivity contribution is -0.138. The molecule has 0 atom stereocenters. The number of fused-ring (bicyclic) bond motifs is 9. The van der Waals surface area contributed by atoms with E-state index in [4.69, 9.17) is 4.74 Å². The van der Waals surface area contributed by atoms with Gasteiger partial charge in [0.2, 0.25) is 11.8 Å². The summed E-state index contributed by atoms with van der Waals surface area (Å²) in [6, 6.07) is 3.33. The van der Waals surface area contributed by atoms with Crippen molar-refractivity contribution in [2.75, 3.05) is 39.3 Å². The molecule has 11 nitrogen and oxygen atoms in total. The van der Waals surface area contributed by atoms with Gasteiger partial charge in [0.15, 0.2) is 11.4 Å². The molecule has 5 rings (SSSR count). The molecule has 1 saturated heterocycles. The fourth-order valence-corrected chi connectivity index (χ4v) is 3.44. The molecule has 0 unspecified atom stereocenters. The minimum atomic E-state index is -0.478. The quantitative estimate of drug-likeness (QED) is 0.594. The van der Waals surface area contributed by atoms with E-state index < -0.39 is 5.91 Å². The Morgan fingerprint density at radius 2 is 1.73 bits per heavy atom. The second-order valence-corrected chi connectivity index (χ2v) is 7.12. The molecule has 0 radical (unpaired) electrons. The first-order chi connectivity index (χ1) is 14.6. The first-order valence-corrected chi connectivity index (χ1v) is 9.91. The van der Waals surface area contributed by atoms with Gasteiger partial charge in [-0.05, 0) is 12.1 Å². The maximum atomic E-state index is 12.5. The summed E-state index contributed by atoms with van der Waals surface area (Å²) in [6.07, 6.45) is 4.14. The first-order valence-electron chi connectivity index (χ1n) is 9.91. The van der Waals surface area contributed by atoms with Crippen LogP contribution in [0.3, 0.4) is 0 Å². The highest BCUT2D eigenvalue weighted by Crippen LogP contribution is 2.15. The van der Waals surface area contributed by atoms with Crippen molar-refractivity contribution in [3.05, 3.63) is 35.9 Å². The average Bonchev–Trinajstić information content (AvgIpc) is 3.23. The van der Waals surface area contributed by atoms with Gasteiger partial charge in [-0.3, -0.25) is 14.4 Å². The fourth-order valence-electron chi connectivity index (χ4n) is 3.44. The number of aromatic nitrogens is 4. The molecule has 0 aliphatic carbocycles. The second-order valence-electron chi connectivity index (χ2n) is 7.12. The van der Waals surface area contributed by atoms with E-state index in [0.717, 1.165) is 5.69 Å². The number of aryl methyl sites for hydroxylation is 1. The van der Waals surface area contributed by atoms with Crippen molar-refractivity contribution >= 4 is 17.7 Å². The van der Waals surface area contributed by atoms with E-state index in [2.05, 4.69) is 20.6 Å². The third-order valence-corrected chi connectivity index (χ3v) is 5.13. The Kier molecular flexibility index (Phi) is 5.87. The minimum Gasteiger partial charge on any atom is -0.489 e. The van der Waals surface area contributed by atoms with Gasteiger partial charge in [-0.15, -0.1) is 5.10 Å². The summed E-state index contributed by atoms with van der Waals surface area (Å²) in [5.74, 6) is -0.302. The Balaban J connectivity index is 1.51. The molecule has 0 aromatic carbocycles. The van der Waals surface area contributed by atoms with Crippen LogP contribution in [0, 0.1) is 0 Å². The van der Waals surface area contributed by atoms with Gasteiger partial charge in [0.25, 0.3) is 5.91 Å². The van der Waals surface area contributed by atoms with E-state index in [1.807, 2.05) is 0 Å². The molecule has 0 spiro atoms. The third kappa shape index (κ3) is 4.56. The van der Waals surface area contributed by atoms with E-state index in [0.29, 0.717) is 51.3 Å². The average molecular weight is 413 g/mol. The van der Waals surface area contributed by atoms with Crippen LogP contribution in [0.15, 0.2) is 24.5 Å². The van der Waals surface area contributed by atoms with Gasteiger partial charge in [-0.25, -0.2) is 9.67 Å². The Bertz CT molecular complexity index is 936. The number of hydrogen-bond acceptors (Lipinski definition) is 7. The smallest absolute Gasteiger partial charge is 0.274 e. The van der Waals surface area contributed by atoms with Crippen molar-refractivity contribution < 1.29 is 19.1 Å². The monoisotopic (exact) mass is 413 g/mol. The van der Waals surface area contributed by atoms with Crippen LogP contribution in [0.25, 0.3) is 0 Å². The highest BCUT2D eigenvalue weighted by Gasteiger charge is 2.25. The van der Waals surface area contributed by atoms with Crippen LogP contribution in [0.2, 0.25) is 0 Å². The number of nitrogens with zero attached hydrogens (tertiary/aromatic N) is 6. The van der Waals surface area contributed by atoms with E-state index >= 15 is 0 Å². The van der Waals surface area contributed by atoms with Gasteiger partial charge in [0, 0.05) is 51.4 Å². The Labute approximate surface area is 173 Å². The summed E-state index contributed by atoms with van der Waals surface area (Å²) in [5, 5.41) is 10.8. The lowest BCUT2D eigenvalue weighted by atomic mass is 10.2. The molecule has 1 N–H and O–H groups in total.